The molecule has 1 aliphatic rings. The largest absolute Gasteiger partial charge is 0.457 e. The van der Waals surface area contributed by atoms with Crippen LogP contribution in [0, 0.1) is 6.92 Å². The molecule has 0 saturated carbocycles. The third-order valence-electron chi connectivity index (χ3n) is 7.59. The number of ether oxygens (including phenoxy) is 1. The van der Waals surface area contributed by atoms with Crippen molar-refractivity contribution in [1.82, 2.24) is 0 Å². The van der Waals surface area contributed by atoms with E-state index >= 15 is 0 Å². The number of hydrogen-bond donors (Lipinski definition) is 1. The highest BCUT2D eigenvalue weighted by molar-refractivity contribution is 6.06. The third kappa shape index (κ3) is 5.05. The fourth-order valence-corrected chi connectivity index (χ4v) is 5.95. The van der Waals surface area contributed by atoms with Gasteiger partial charge in [-0.2, -0.15) is 0 Å². The van der Waals surface area contributed by atoms with Crippen LogP contribution < -0.4 is 15.0 Å². The molecular weight excluding hydrogens is 484 g/mol. The van der Waals surface area contributed by atoms with Crippen LogP contribution >= 0.6 is 0 Å². The first-order chi connectivity index (χ1) is 18.6. The molecule has 1 heterocycles. The standard InChI is InChI=1S/C34H34N2O3/c1-23-15-18-27(19-16-23)39-31-14-10-9-13-28(31)32(38)35-26-17-20-30-29(21-26)34(5,25-11-7-6-8-12-25)22-33(3,4)36(30)24(2)37/h6-21H,22H2,1-5H3,(H,35,38). The summed E-state index contributed by atoms with van der Waals surface area (Å²) in [4.78, 5) is 28.2. The number of carbonyl (C=O) groups excluding carboxylic acids is 2. The van der Waals surface area contributed by atoms with Crippen molar-refractivity contribution in [2.45, 2.75) is 52.0 Å². The highest BCUT2D eigenvalue weighted by Gasteiger charge is 2.47. The van der Waals surface area contributed by atoms with Crippen molar-refractivity contribution in [2.75, 3.05) is 10.2 Å². The van der Waals surface area contributed by atoms with E-state index in [-0.39, 0.29) is 22.8 Å². The van der Waals surface area contributed by atoms with Gasteiger partial charge in [0.25, 0.3) is 5.91 Å². The Bertz CT molecular complexity index is 1530. The first-order valence-corrected chi connectivity index (χ1v) is 13.2. The predicted molar refractivity (Wildman–Crippen MR) is 157 cm³/mol. The number of aryl methyl sites for hydroxylation is 1. The maximum absolute atomic E-state index is 13.5. The Labute approximate surface area is 230 Å². The van der Waals surface area contributed by atoms with Crippen LogP contribution in [0.1, 0.15) is 61.2 Å². The lowest BCUT2D eigenvalue weighted by molar-refractivity contribution is -0.117. The molecule has 1 unspecified atom stereocenters. The number of para-hydroxylation sites is 1. The smallest absolute Gasteiger partial charge is 0.259 e. The molecule has 5 rings (SSSR count). The summed E-state index contributed by atoms with van der Waals surface area (Å²) in [5, 5.41) is 3.08. The van der Waals surface area contributed by atoms with Crippen LogP contribution in [0.5, 0.6) is 11.5 Å². The number of anilines is 2. The van der Waals surface area contributed by atoms with Gasteiger partial charge in [-0.3, -0.25) is 9.59 Å². The Balaban J connectivity index is 1.52. The van der Waals surface area contributed by atoms with Gasteiger partial charge in [0.15, 0.2) is 0 Å². The van der Waals surface area contributed by atoms with E-state index in [1.165, 1.54) is 5.56 Å². The first kappa shape index (κ1) is 26.2. The summed E-state index contributed by atoms with van der Waals surface area (Å²) < 4.78 is 6.06. The van der Waals surface area contributed by atoms with Crippen molar-refractivity contribution in [3.8, 4) is 11.5 Å². The lowest BCUT2D eigenvalue weighted by Gasteiger charge is -2.51. The lowest BCUT2D eigenvalue weighted by atomic mass is 9.65. The molecule has 198 valence electrons. The molecule has 5 nitrogen and oxygen atoms in total. The topological polar surface area (TPSA) is 58.6 Å². The van der Waals surface area contributed by atoms with E-state index in [0.717, 1.165) is 23.2 Å². The second kappa shape index (κ2) is 10.1. The van der Waals surface area contributed by atoms with Gasteiger partial charge in [-0.05, 0) is 80.8 Å². The summed E-state index contributed by atoms with van der Waals surface area (Å²) in [6, 6.07) is 31.1. The van der Waals surface area contributed by atoms with Gasteiger partial charge in [-0.1, -0.05) is 67.1 Å². The molecule has 0 aromatic heterocycles. The van der Waals surface area contributed by atoms with Crippen LogP contribution in [-0.4, -0.2) is 17.4 Å². The van der Waals surface area contributed by atoms with Gasteiger partial charge in [0, 0.05) is 29.3 Å². The highest BCUT2D eigenvalue weighted by Crippen LogP contribution is 2.51. The van der Waals surface area contributed by atoms with E-state index in [1.54, 1.807) is 19.1 Å². The lowest BCUT2D eigenvalue weighted by Crippen LogP contribution is -2.55. The minimum absolute atomic E-state index is 0.00432. The van der Waals surface area contributed by atoms with Crippen LogP contribution in [-0.2, 0) is 10.2 Å². The third-order valence-corrected chi connectivity index (χ3v) is 7.59. The zero-order valence-electron chi connectivity index (χ0n) is 23.1. The average Bonchev–Trinajstić information content (AvgIpc) is 2.90. The number of fused-ring (bicyclic) bond motifs is 1. The molecule has 5 heteroatoms. The van der Waals surface area contributed by atoms with E-state index in [0.29, 0.717) is 22.7 Å². The van der Waals surface area contributed by atoms with Gasteiger partial charge in [0.1, 0.15) is 11.5 Å². The molecular formula is C34H34N2O3. The Hall–Kier alpha value is -4.38. The maximum Gasteiger partial charge on any atom is 0.259 e. The summed E-state index contributed by atoms with van der Waals surface area (Å²) in [5.74, 6) is 0.879. The highest BCUT2D eigenvalue weighted by atomic mass is 16.5. The van der Waals surface area contributed by atoms with Crippen molar-refractivity contribution < 1.29 is 14.3 Å². The van der Waals surface area contributed by atoms with Crippen molar-refractivity contribution in [3.63, 3.8) is 0 Å². The van der Waals surface area contributed by atoms with E-state index in [2.05, 4.69) is 38.2 Å². The maximum atomic E-state index is 13.5. The van der Waals surface area contributed by atoms with Gasteiger partial charge in [-0.25, -0.2) is 0 Å². The minimum atomic E-state index is -0.388. The SMILES string of the molecule is CC(=O)N1c2ccc(NC(=O)c3ccccc3Oc3ccc(C)cc3)cc2C(C)(c2ccccc2)CC1(C)C. The second-order valence-corrected chi connectivity index (χ2v) is 11.1. The average molecular weight is 519 g/mol. The molecule has 1 N–H and O–H groups in total. The van der Waals surface area contributed by atoms with Gasteiger partial charge in [-0.15, -0.1) is 0 Å². The Morgan fingerprint density at radius 2 is 1.51 bits per heavy atom. The van der Waals surface area contributed by atoms with Crippen molar-refractivity contribution in [2.24, 2.45) is 0 Å². The van der Waals surface area contributed by atoms with E-state index in [4.69, 9.17) is 4.74 Å². The number of hydrogen-bond acceptors (Lipinski definition) is 3. The number of nitrogens with zero attached hydrogens (tertiary/aromatic N) is 1. The van der Waals surface area contributed by atoms with E-state index in [9.17, 15) is 9.59 Å². The fourth-order valence-electron chi connectivity index (χ4n) is 5.95. The molecule has 0 radical (unpaired) electrons. The predicted octanol–water partition coefficient (Wildman–Crippen LogP) is 7.88. The molecule has 0 spiro atoms. The number of rotatable bonds is 5. The molecule has 4 aromatic carbocycles. The molecule has 2 amide bonds. The van der Waals surface area contributed by atoms with Gasteiger partial charge in [0.05, 0.1) is 5.56 Å². The second-order valence-electron chi connectivity index (χ2n) is 11.1. The van der Waals surface area contributed by atoms with Crippen LogP contribution in [0.3, 0.4) is 0 Å². The molecule has 0 saturated heterocycles. The van der Waals surface area contributed by atoms with Crippen LogP contribution in [0.15, 0.2) is 97.1 Å². The van der Waals surface area contributed by atoms with E-state index < -0.39 is 0 Å². The first-order valence-electron chi connectivity index (χ1n) is 13.2. The van der Waals surface area contributed by atoms with Gasteiger partial charge >= 0.3 is 0 Å². The summed E-state index contributed by atoms with van der Waals surface area (Å²) in [5.41, 5.74) is 4.52. The molecule has 4 aromatic rings. The summed E-state index contributed by atoms with van der Waals surface area (Å²) in [7, 11) is 0. The Kier molecular flexibility index (Phi) is 6.77. The van der Waals surface area contributed by atoms with Crippen molar-refractivity contribution in [3.05, 3.63) is 119 Å². The molecule has 0 fully saturated rings. The number of amides is 2. The van der Waals surface area contributed by atoms with Gasteiger partial charge < -0.3 is 15.0 Å². The summed E-state index contributed by atoms with van der Waals surface area (Å²) in [6.45, 7) is 10.1. The number of carbonyl (C=O) groups is 2. The van der Waals surface area contributed by atoms with Crippen LogP contribution in [0.2, 0.25) is 0 Å². The molecule has 1 aliphatic heterocycles. The quantitative estimate of drug-likeness (QED) is 0.292. The number of nitrogens with one attached hydrogen (secondary N) is 1. The minimum Gasteiger partial charge on any atom is -0.457 e. The van der Waals surface area contributed by atoms with Crippen molar-refractivity contribution in [1.29, 1.82) is 0 Å². The zero-order chi connectivity index (χ0) is 27.8. The zero-order valence-corrected chi connectivity index (χ0v) is 23.1. The van der Waals surface area contributed by atoms with Crippen LogP contribution in [0.4, 0.5) is 11.4 Å². The molecule has 39 heavy (non-hydrogen) atoms. The van der Waals surface area contributed by atoms with Crippen LogP contribution in [0.25, 0.3) is 0 Å². The summed E-state index contributed by atoms with van der Waals surface area (Å²) in [6.07, 6.45) is 0.737. The summed E-state index contributed by atoms with van der Waals surface area (Å²) >= 11 is 0. The normalized spacial score (nSPS) is 17.7. The van der Waals surface area contributed by atoms with E-state index in [1.807, 2.05) is 84.6 Å². The Morgan fingerprint density at radius 3 is 2.21 bits per heavy atom. The molecule has 0 aliphatic carbocycles. The molecule has 1 atom stereocenters. The fraction of sp³-hybridized carbons (Fsp3) is 0.235. The van der Waals surface area contributed by atoms with Crippen molar-refractivity contribution >= 4 is 23.2 Å². The molecule has 0 bridgehead atoms. The monoisotopic (exact) mass is 518 g/mol. The Morgan fingerprint density at radius 1 is 0.846 bits per heavy atom. The van der Waals surface area contributed by atoms with Gasteiger partial charge in [0.2, 0.25) is 5.91 Å². The number of benzene rings is 4.